The lowest BCUT2D eigenvalue weighted by Crippen LogP contribution is -2.04. The summed E-state index contributed by atoms with van der Waals surface area (Å²) in [4.78, 5) is 10.8. The van der Waals surface area contributed by atoms with E-state index in [0.717, 1.165) is 83.5 Å². The van der Waals surface area contributed by atoms with Crippen molar-refractivity contribution in [2.24, 2.45) is 0 Å². The predicted molar refractivity (Wildman–Crippen MR) is 287 cm³/mol. The van der Waals surface area contributed by atoms with Gasteiger partial charge in [-0.1, -0.05) is 164 Å². The van der Waals surface area contributed by atoms with Crippen LogP contribution in [-0.2, 0) is 0 Å². The summed E-state index contributed by atoms with van der Waals surface area (Å²) in [7, 11) is 0. The second kappa shape index (κ2) is 15.7. The smallest absolute Gasteiger partial charge is 0.235 e. The molecule has 0 amide bonds. The van der Waals surface area contributed by atoms with Crippen LogP contribution in [-0.4, -0.2) is 23.7 Å². The van der Waals surface area contributed by atoms with Crippen molar-refractivity contribution >= 4 is 65.4 Å². The number of hydrogen-bond donors (Lipinski definition) is 0. The van der Waals surface area contributed by atoms with E-state index in [2.05, 4.69) is 250 Å². The third kappa shape index (κ3) is 6.25. The fraction of sp³-hybridized carbons (Fsp3) is 0. The molecule has 69 heavy (non-hydrogen) atoms. The maximum Gasteiger partial charge on any atom is 0.235 e. The molecule has 0 saturated heterocycles. The van der Waals surface area contributed by atoms with E-state index in [9.17, 15) is 0 Å². The Labute approximate surface area is 398 Å². The van der Waals surface area contributed by atoms with Crippen molar-refractivity contribution in [3.8, 4) is 62.1 Å². The minimum atomic E-state index is 0.622. The van der Waals surface area contributed by atoms with Crippen molar-refractivity contribution in [3.63, 3.8) is 0 Å². The number of rotatable bonds is 7. The number of nitrogens with zero attached hydrogens (tertiary/aromatic N) is 5. The first kappa shape index (κ1) is 38.9. The quantitative estimate of drug-likeness (QED) is 0.160. The molecule has 0 atom stereocenters. The van der Waals surface area contributed by atoms with Gasteiger partial charge in [0.2, 0.25) is 5.95 Å². The van der Waals surface area contributed by atoms with Crippen molar-refractivity contribution in [2.75, 3.05) is 0 Å². The summed E-state index contributed by atoms with van der Waals surface area (Å²) in [6, 6.07) is 89.4. The van der Waals surface area contributed by atoms with Gasteiger partial charge in [-0.25, -0.2) is 9.97 Å². The molecule has 0 aliphatic rings. The average Bonchev–Trinajstić information content (AvgIpc) is 4.06. The topological polar surface area (TPSA) is 40.6 Å². The Hall–Kier alpha value is -9.32. The molecular formula is C64H41N5. The molecule has 10 aromatic carbocycles. The van der Waals surface area contributed by atoms with E-state index < -0.39 is 0 Å². The monoisotopic (exact) mass is 879 g/mol. The van der Waals surface area contributed by atoms with Gasteiger partial charge in [0.05, 0.1) is 44.5 Å². The van der Waals surface area contributed by atoms with E-state index in [4.69, 9.17) is 9.97 Å². The van der Waals surface area contributed by atoms with E-state index in [1.807, 2.05) is 12.1 Å². The van der Waals surface area contributed by atoms with E-state index in [1.165, 1.54) is 38.1 Å². The second-order valence-electron chi connectivity index (χ2n) is 17.8. The molecule has 0 unspecified atom stereocenters. The summed E-state index contributed by atoms with van der Waals surface area (Å²) in [5, 5.41) is 7.11. The van der Waals surface area contributed by atoms with Crippen LogP contribution in [0.1, 0.15) is 0 Å². The van der Waals surface area contributed by atoms with Crippen molar-refractivity contribution in [1.29, 1.82) is 0 Å². The van der Waals surface area contributed by atoms with Crippen molar-refractivity contribution < 1.29 is 0 Å². The van der Waals surface area contributed by atoms with Crippen LogP contribution in [0.2, 0.25) is 0 Å². The lowest BCUT2D eigenvalue weighted by molar-refractivity contribution is 0.996. The molecule has 5 heteroatoms. The predicted octanol–water partition coefficient (Wildman–Crippen LogP) is 16.4. The average molecular weight is 880 g/mol. The first-order chi connectivity index (χ1) is 34.2. The third-order valence-corrected chi connectivity index (χ3v) is 13.9. The Morgan fingerprint density at radius 2 is 0.594 bits per heavy atom. The maximum absolute atomic E-state index is 5.40. The van der Waals surface area contributed by atoms with Gasteiger partial charge in [0.25, 0.3) is 0 Å². The number of para-hydroxylation sites is 5. The Bertz CT molecular complexity index is 4220. The molecule has 4 aromatic heterocycles. The zero-order valence-corrected chi connectivity index (χ0v) is 37.4. The molecule has 5 nitrogen and oxygen atoms in total. The van der Waals surface area contributed by atoms with Crippen molar-refractivity contribution in [1.82, 2.24) is 23.7 Å². The summed E-state index contributed by atoms with van der Waals surface area (Å²) in [5.41, 5.74) is 17.4. The van der Waals surface area contributed by atoms with Gasteiger partial charge in [-0.15, -0.1) is 0 Å². The molecule has 14 rings (SSSR count). The van der Waals surface area contributed by atoms with Crippen molar-refractivity contribution in [3.05, 3.63) is 249 Å². The standard InChI is InChI=1S/C64H41N5/c1-5-19-42(20-6-1)56-41-57(43-21-7-2-8-22-43)66-64(65-56)69-60-32-18-15-29-50(60)55-39-51(44-33-35-61-53(37-44)48-27-13-16-30-58(48)67(61)46-23-9-3-10-24-46)52(40-63(55)69)45-34-36-62-54(38-45)49-28-14-17-31-59(49)68(62)47-25-11-4-12-26-47/h1-41H. The van der Waals surface area contributed by atoms with E-state index in [1.54, 1.807) is 0 Å². The molecule has 0 fully saturated rings. The molecule has 4 heterocycles. The van der Waals surface area contributed by atoms with Gasteiger partial charge in [-0.2, -0.15) is 0 Å². The zero-order chi connectivity index (χ0) is 45.4. The fourth-order valence-corrected chi connectivity index (χ4v) is 10.7. The largest absolute Gasteiger partial charge is 0.309 e. The SMILES string of the molecule is c1ccc(-c2cc(-c3ccccc3)nc(-n3c4ccccc4c4cc(-c5ccc6c(c5)c5ccccc5n6-c5ccccc5)c(-c5ccc6c(c5)c5ccccc5n6-c5ccccc5)cc43)n2)cc1. The fourth-order valence-electron chi connectivity index (χ4n) is 10.7. The van der Waals surface area contributed by atoms with Gasteiger partial charge >= 0.3 is 0 Å². The summed E-state index contributed by atoms with van der Waals surface area (Å²) < 4.78 is 7.04. The first-order valence-electron chi connectivity index (χ1n) is 23.5. The molecular weight excluding hydrogens is 839 g/mol. The minimum Gasteiger partial charge on any atom is -0.309 e. The van der Waals surface area contributed by atoms with Crippen molar-refractivity contribution in [2.45, 2.75) is 0 Å². The van der Waals surface area contributed by atoms with Crippen LogP contribution in [0.15, 0.2) is 249 Å². The summed E-state index contributed by atoms with van der Waals surface area (Å²) >= 11 is 0. The summed E-state index contributed by atoms with van der Waals surface area (Å²) in [6.07, 6.45) is 0. The summed E-state index contributed by atoms with van der Waals surface area (Å²) in [6.45, 7) is 0. The van der Waals surface area contributed by atoms with Gasteiger partial charge in [0.1, 0.15) is 0 Å². The van der Waals surface area contributed by atoms with E-state index in [-0.39, 0.29) is 0 Å². The Balaban J connectivity index is 1.07. The van der Waals surface area contributed by atoms with Crippen LogP contribution in [0.25, 0.3) is 128 Å². The van der Waals surface area contributed by atoms with Crippen LogP contribution in [0.4, 0.5) is 0 Å². The number of fused-ring (bicyclic) bond motifs is 9. The lowest BCUT2D eigenvalue weighted by atomic mass is 9.91. The third-order valence-electron chi connectivity index (χ3n) is 13.9. The molecule has 14 aromatic rings. The molecule has 322 valence electrons. The highest BCUT2D eigenvalue weighted by molar-refractivity contribution is 6.16. The Morgan fingerprint density at radius 3 is 1.06 bits per heavy atom. The second-order valence-corrected chi connectivity index (χ2v) is 17.8. The van der Waals surface area contributed by atoms with E-state index in [0.29, 0.717) is 5.95 Å². The molecule has 0 N–H and O–H groups in total. The van der Waals surface area contributed by atoms with Gasteiger partial charge < -0.3 is 9.13 Å². The summed E-state index contributed by atoms with van der Waals surface area (Å²) in [5.74, 6) is 0.622. The van der Waals surface area contributed by atoms with Gasteiger partial charge in [0.15, 0.2) is 0 Å². The van der Waals surface area contributed by atoms with Crippen LogP contribution >= 0.6 is 0 Å². The Morgan fingerprint density at radius 1 is 0.232 bits per heavy atom. The molecule has 0 bridgehead atoms. The van der Waals surface area contributed by atoms with Crippen LogP contribution in [0.5, 0.6) is 0 Å². The molecule has 0 aliphatic heterocycles. The highest BCUT2D eigenvalue weighted by Crippen LogP contribution is 2.44. The minimum absolute atomic E-state index is 0.622. The lowest BCUT2D eigenvalue weighted by Gasteiger charge is -2.15. The number of benzene rings is 10. The van der Waals surface area contributed by atoms with Crippen LogP contribution < -0.4 is 0 Å². The van der Waals surface area contributed by atoms with Crippen LogP contribution in [0.3, 0.4) is 0 Å². The molecule has 0 saturated carbocycles. The first-order valence-corrected chi connectivity index (χ1v) is 23.5. The number of hydrogen-bond acceptors (Lipinski definition) is 2. The maximum atomic E-state index is 5.40. The van der Waals surface area contributed by atoms with Gasteiger partial charge in [0, 0.05) is 54.8 Å². The number of aromatic nitrogens is 5. The zero-order valence-electron chi connectivity index (χ0n) is 37.4. The van der Waals surface area contributed by atoms with Gasteiger partial charge in [-0.05, 0) is 107 Å². The molecule has 0 spiro atoms. The molecule has 0 aliphatic carbocycles. The highest BCUT2D eigenvalue weighted by Gasteiger charge is 2.22. The van der Waals surface area contributed by atoms with Crippen LogP contribution in [0, 0.1) is 0 Å². The Kier molecular flexibility index (Phi) is 8.83. The van der Waals surface area contributed by atoms with Gasteiger partial charge in [-0.3, -0.25) is 4.57 Å². The highest BCUT2D eigenvalue weighted by atomic mass is 15.2. The van der Waals surface area contributed by atoms with E-state index >= 15 is 0 Å². The normalized spacial score (nSPS) is 11.8. The molecule has 0 radical (unpaired) electrons.